The molecule has 0 radical (unpaired) electrons. The minimum atomic E-state index is -4.22. The van der Waals surface area contributed by atoms with E-state index in [0.717, 1.165) is 30.2 Å². The standard InChI is InChI=1S/C27H38ClN3O6S/c1-5-21-9-6-7-15-30(21)16-8-14-29-27(32)19-31(23-17-20(28)10-12-24(23)35-2)38(33,34)22-11-13-25(36-3)26(18-22)37-4/h10-13,17-18,21H,5-9,14-16,19H2,1-4H3,(H,29,32). The monoisotopic (exact) mass is 567 g/mol. The van der Waals surface area contributed by atoms with Gasteiger partial charge in [-0.3, -0.25) is 9.10 Å². The highest BCUT2D eigenvalue weighted by Crippen LogP contribution is 2.37. The fourth-order valence-corrected chi connectivity index (χ4v) is 6.38. The van der Waals surface area contributed by atoms with Crippen LogP contribution in [0, 0.1) is 0 Å². The van der Waals surface area contributed by atoms with Crippen LogP contribution in [-0.4, -0.2) is 72.8 Å². The van der Waals surface area contributed by atoms with Crippen LogP contribution in [-0.2, 0) is 14.8 Å². The van der Waals surface area contributed by atoms with Gasteiger partial charge in [-0.2, -0.15) is 0 Å². The van der Waals surface area contributed by atoms with Crippen molar-refractivity contribution < 1.29 is 27.4 Å². The minimum absolute atomic E-state index is 0.0688. The predicted molar refractivity (Wildman–Crippen MR) is 149 cm³/mol. The summed E-state index contributed by atoms with van der Waals surface area (Å²) in [5, 5.41) is 3.19. The van der Waals surface area contributed by atoms with Gasteiger partial charge >= 0.3 is 0 Å². The fourth-order valence-electron chi connectivity index (χ4n) is 4.77. The van der Waals surface area contributed by atoms with Gasteiger partial charge in [0.1, 0.15) is 12.3 Å². The first kappa shape index (κ1) is 29.9. The molecule has 11 heteroatoms. The molecule has 0 saturated carbocycles. The lowest BCUT2D eigenvalue weighted by atomic mass is 10.00. The van der Waals surface area contributed by atoms with E-state index in [2.05, 4.69) is 17.1 Å². The number of anilines is 1. The third-order valence-corrected chi connectivity index (χ3v) is 8.80. The van der Waals surface area contributed by atoms with Gasteiger partial charge < -0.3 is 24.4 Å². The zero-order valence-corrected chi connectivity index (χ0v) is 24.1. The summed E-state index contributed by atoms with van der Waals surface area (Å²) < 4.78 is 44.7. The molecule has 1 N–H and O–H groups in total. The average Bonchev–Trinajstić information content (AvgIpc) is 2.93. The highest BCUT2D eigenvalue weighted by atomic mass is 35.5. The van der Waals surface area contributed by atoms with Gasteiger partial charge in [0, 0.05) is 30.2 Å². The van der Waals surface area contributed by atoms with E-state index in [-0.39, 0.29) is 22.1 Å². The highest BCUT2D eigenvalue weighted by molar-refractivity contribution is 7.92. The van der Waals surface area contributed by atoms with Crippen molar-refractivity contribution in [3.05, 3.63) is 41.4 Å². The van der Waals surface area contributed by atoms with Crippen LogP contribution in [0.5, 0.6) is 17.2 Å². The number of sulfonamides is 1. The van der Waals surface area contributed by atoms with Crippen LogP contribution < -0.4 is 23.8 Å². The smallest absolute Gasteiger partial charge is 0.265 e. The molecular weight excluding hydrogens is 530 g/mol. The summed E-state index contributed by atoms with van der Waals surface area (Å²) in [5.41, 5.74) is 0.157. The number of rotatable bonds is 13. The largest absolute Gasteiger partial charge is 0.495 e. The Morgan fingerprint density at radius 1 is 1.05 bits per heavy atom. The van der Waals surface area contributed by atoms with Crippen LogP contribution in [0.3, 0.4) is 0 Å². The summed E-state index contributed by atoms with van der Waals surface area (Å²) in [4.78, 5) is 15.5. The van der Waals surface area contributed by atoms with Crippen molar-refractivity contribution >= 4 is 33.2 Å². The summed E-state index contributed by atoms with van der Waals surface area (Å²) in [6, 6.07) is 9.48. The molecule has 1 fully saturated rings. The normalized spacial score (nSPS) is 16.1. The molecule has 1 aliphatic rings. The predicted octanol–water partition coefficient (Wildman–Crippen LogP) is 4.33. The van der Waals surface area contributed by atoms with Crippen LogP contribution in [0.25, 0.3) is 0 Å². The maximum atomic E-state index is 13.9. The second-order valence-corrected chi connectivity index (χ2v) is 11.4. The number of halogens is 1. The highest BCUT2D eigenvalue weighted by Gasteiger charge is 2.31. The Bertz CT molecular complexity index is 1190. The van der Waals surface area contributed by atoms with Crippen molar-refractivity contribution in [2.24, 2.45) is 0 Å². The van der Waals surface area contributed by atoms with E-state index in [1.54, 1.807) is 12.1 Å². The molecule has 1 unspecified atom stereocenters. The second kappa shape index (κ2) is 13.9. The Morgan fingerprint density at radius 3 is 2.45 bits per heavy atom. The number of nitrogens with zero attached hydrogens (tertiary/aromatic N) is 2. The summed E-state index contributed by atoms with van der Waals surface area (Å²) in [6.45, 7) is 4.19. The first-order valence-corrected chi connectivity index (χ1v) is 14.7. The molecule has 0 bridgehead atoms. The zero-order valence-electron chi connectivity index (χ0n) is 22.5. The summed E-state index contributed by atoms with van der Waals surface area (Å²) in [6.07, 6.45) is 5.59. The molecule has 9 nitrogen and oxygen atoms in total. The molecule has 0 aromatic heterocycles. The van der Waals surface area contributed by atoms with Crippen LogP contribution >= 0.6 is 11.6 Å². The van der Waals surface area contributed by atoms with E-state index in [9.17, 15) is 13.2 Å². The molecule has 38 heavy (non-hydrogen) atoms. The lowest BCUT2D eigenvalue weighted by molar-refractivity contribution is -0.119. The number of nitrogens with one attached hydrogen (secondary N) is 1. The first-order valence-electron chi connectivity index (χ1n) is 12.8. The second-order valence-electron chi connectivity index (χ2n) is 9.14. The molecule has 1 atom stereocenters. The van der Waals surface area contributed by atoms with E-state index in [1.807, 2.05) is 0 Å². The molecule has 2 aromatic carbocycles. The molecule has 1 amide bonds. The van der Waals surface area contributed by atoms with Gasteiger partial charge in [0.25, 0.3) is 10.0 Å². The Hall–Kier alpha value is -2.69. The maximum absolute atomic E-state index is 13.9. The van der Waals surface area contributed by atoms with Gasteiger partial charge in [0.05, 0.1) is 31.9 Å². The Morgan fingerprint density at radius 2 is 1.76 bits per heavy atom. The van der Waals surface area contributed by atoms with Crippen molar-refractivity contribution in [2.75, 3.05) is 51.8 Å². The Labute approximate surface area is 231 Å². The number of carbonyl (C=O) groups excluding carboxylic acids is 1. The number of ether oxygens (including phenoxy) is 3. The fraction of sp³-hybridized carbons (Fsp3) is 0.519. The molecule has 0 spiro atoms. The number of methoxy groups -OCH3 is 3. The lowest BCUT2D eigenvalue weighted by Gasteiger charge is -2.35. The number of amides is 1. The molecular formula is C27H38ClN3O6S. The SMILES string of the molecule is CCC1CCCCN1CCCNC(=O)CN(c1cc(Cl)ccc1OC)S(=O)(=O)c1ccc(OC)c(OC)c1. The molecule has 0 aliphatic carbocycles. The first-order chi connectivity index (χ1) is 18.2. The molecule has 210 valence electrons. The van der Waals surface area contributed by atoms with Crippen molar-refractivity contribution in [1.82, 2.24) is 10.2 Å². The molecule has 3 rings (SSSR count). The number of carbonyl (C=O) groups is 1. The molecule has 1 heterocycles. The van der Waals surface area contributed by atoms with Gasteiger partial charge in [0.15, 0.2) is 11.5 Å². The zero-order chi connectivity index (χ0) is 27.7. The number of likely N-dealkylation sites (tertiary alicyclic amines) is 1. The Kier molecular flexibility index (Phi) is 10.9. The van der Waals surface area contributed by atoms with Gasteiger partial charge in [0.2, 0.25) is 5.91 Å². The van der Waals surface area contributed by atoms with Gasteiger partial charge in [-0.25, -0.2) is 8.42 Å². The van der Waals surface area contributed by atoms with Crippen LogP contribution in [0.15, 0.2) is 41.3 Å². The lowest BCUT2D eigenvalue weighted by Crippen LogP contribution is -2.43. The molecule has 2 aromatic rings. The molecule has 1 aliphatic heterocycles. The van der Waals surface area contributed by atoms with Crippen molar-refractivity contribution in [1.29, 1.82) is 0 Å². The number of piperidine rings is 1. The van der Waals surface area contributed by atoms with E-state index >= 15 is 0 Å². The maximum Gasteiger partial charge on any atom is 0.265 e. The van der Waals surface area contributed by atoms with E-state index in [4.69, 9.17) is 25.8 Å². The number of hydrogen-bond donors (Lipinski definition) is 1. The van der Waals surface area contributed by atoms with Crippen LogP contribution in [0.1, 0.15) is 39.0 Å². The summed E-state index contributed by atoms with van der Waals surface area (Å²) >= 11 is 6.22. The number of benzene rings is 2. The number of hydrogen-bond acceptors (Lipinski definition) is 7. The van der Waals surface area contributed by atoms with Crippen molar-refractivity contribution in [3.8, 4) is 17.2 Å². The average molecular weight is 568 g/mol. The van der Waals surface area contributed by atoms with Gasteiger partial charge in [-0.1, -0.05) is 24.9 Å². The van der Waals surface area contributed by atoms with Crippen LogP contribution in [0.4, 0.5) is 5.69 Å². The van der Waals surface area contributed by atoms with E-state index in [1.165, 1.54) is 64.9 Å². The summed E-state index contributed by atoms with van der Waals surface area (Å²) in [7, 11) is 0.0925. The quantitative estimate of drug-likeness (QED) is 0.360. The Balaban J connectivity index is 1.81. The van der Waals surface area contributed by atoms with E-state index < -0.39 is 22.5 Å². The van der Waals surface area contributed by atoms with Gasteiger partial charge in [-0.15, -0.1) is 0 Å². The third kappa shape index (κ3) is 7.24. The molecule has 1 saturated heterocycles. The summed E-state index contributed by atoms with van der Waals surface area (Å²) in [5.74, 6) is 0.470. The third-order valence-electron chi connectivity index (χ3n) is 6.80. The minimum Gasteiger partial charge on any atom is -0.495 e. The van der Waals surface area contributed by atoms with Crippen molar-refractivity contribution in [3.63, 3.8) is 0 Å². The van der Waals surface area contributed by atoms with Crippen molar-refractivity contribution in [2.45, 2.75) is 50.0 Å². The van der Waals surface area contributed by atoms with Gasteiger partial charge in [-0.05, 0) is 62.6 Å². The van der Waals surface area contributed by atoms with E-state index in [0.29, 0.717) is 23.4 Å². The van der Waals surface area contributed by atoms with Crippen LogP contribution in [0.2, 0.25) is 5.02 Å². The topological polar surface area (TPSA) is 97.4 Å².